The summed E-state index contributed by atoms with van der Waals surface area (Å²) in [6.45, 7) is 4.36. The van der Waals surface area contributed by atoms with E-state index in [1.807, 2.05) is 7.05 Å². The molecule has 5 nitrogen and oxygen atoms in total. The number of hydrogen-bond acceptors (Lipinski definition) is 5. The number of piperidine rings is 1. The first-order valence-electron chi connectivity index (χ1n) is 6.37. The van der Waals surface area contributed by atoms with E-state index in [-0.39, 0.29) is 0 Å². The lowest BCUT2D eigenvalue weighted by Crippen LogP contribution is -2.29. The molecule has 0 radical (unpaired) electrons. The summed E-state index contributed by atoms with van der Waals surface area (Å²) in [5, 5.41) is 7.29. The molecule has 1 atom stereocenters. The third-order valence-corrected chi connectivity index (χ3v) is 3.54. The van der Waals surface area contributed by atoms with Crippen molar-refractivity contribution in [2.75, 3.05) is 27.2 Å². The van der Waals surface area contributed by atoms with Gasteiger partial charge in [0, 0.05) is 18.4 Å². The highest BCUT2D eigenvalue weighted by Crippen LogP contribution is 2.25. The van der Waals surface area contributed by atoms with Crippen LogP contribution in [0.1, 0.15) is 37.4 Å². The zero-order valence-electron chi connectivity index (χ0n) is 10.9. The van der Waals surface area contributed by atoms with E-state index < -0.39 is 0 Å². The minimum absolute atomic E-state index is 0.376. The maximum absolute atomic E-state index is 5.30. The third kappa shape index (κ3) is 3.26. The van der Waals surface area contributed by atoms with Gasteiger partial charge in [-0.05, 0) is 47.0 Å². The van der Waals surface area contributed by atoms with Crippen molar-refractivity contribution in [1.82, 2.24) is 20.4 Å². The molecular formula is C12H22N4O. The van der Waals surface area contributed by atoms with Gasteiger partial charge >= 0.3 is 0 Å². The third-order valence-electron chi connectivity index (χ3n) is 3.54. The van der Waals surface area contributed by atoms with Crippen molar-refractivity contribution >= 4 is 0 Å². The molecule has 0 aromatic carbocycles. The molecule has 1 aliphatic heterocycles. The molecule has 1 saturated heterocycles. The second kappa shape index (κ2) is 5.60. The molecule has 1 aromatic rings. The average molecular weight is 238 g/mol. The van der Waals surface area contributed by atoms with Gasteiger partial charge in [-0.2, -0.15) is 4.98 Å². The van der Waals surface area contributed by atoms with Crippen molar-refractivity contribution in [3.8, 4) is 0 Å². The molecule has 2 heterocycles. The van der Waals surface area contributed by atoms with Gasteiger partial charge in [-0.3, -0.25) is 0 Å². The summed E-state index contributed by atoms with van der Waals surface area (Å²) in [4.78, 5) is 6.86. The van der Waals surface area contributed by atoms with E-state index in [0.29, 0.717) is 12.0 Å². The standard InChI is InChI=1S/C12H22N4O/c1-9(13-2)8-11-14-12(15-17-11)10-4-6-16(3)7-5-10/h9-10,13H,4-8H2,1-3H3. The van der Waals surface area contributed by atoms with Crippen LogP contribution in [0, 0.1) is 0 Å². The van der Waals surface area contributed by atoms with Crippen LogP contribution in [0.2, 0.25) is 0 Å². The summed E-state index contributed by atoms with van der Waals surface area (Å²) < 4.78 is 5.30. The summed E-state index contributed by atoms with van der Waals surface area (Å²) >= 11 is 0. The van der Waals surface area contributed by atoms with Gasteiger partial charge in [0.05, 0.1) is 0 Å². The predicted molar refractivity (Wildman–Crippen MR) is 66.0 cm³/mol. The number of likely N-dealkylation sites (N-methyl/N-ethyl adjacent to an activating group) is 1. The lowest BCUT2D eigenvalue weighted by atomic mass is 9.97. The second-order valence-corrected chi connectivity index (χ2v) is 5.02. The highest BCUT2D eigenvalue weighted by molar-refractivity contribution is 4.98. The lowest BCUT2D eigenvalue weighted by molar-refractivity contribution is 0.248. The molecule has 1 aromatic heterocycles. The quantitative estimate of drug-likeness (QED) is 0.849. The number of rotatable bonds is 4. The summed E-state index contributed by atoms with van der Waals surface area (Å²) in [6, 6.07) is 0.376. The number of aromatic nitrogens is 2. The normalized spacial score (nSPS) is 20.6. The van der Waals surface area contributed by atoms with Gasteiger partial charge in [0.2, 0.25) is 5.89 Å². The topological polar surface area (TPSA) is 54.2 Å². The average Bonchev–Trinajstić information content (AvgIpc) is 2.78. The van der Waals surface area contributed by atoms with E-state index in [9.17, 15) is 0 Å². The van der Waals surface area contributed by atoms with Gasteiger partial charge in [-0.15, -0.1) is 0 Å². The van der Waals surface area contributed by atoms with Crippen LogP contribution in [0.5, 0.6) is 0 Å². The number of nitrogens with one attached hydrogen (secondary N) is 1. The molecular weight excluding hydrogens is 216 g/mol. The SMILES string of the molecule is CNC(C)Cc1nc(C2CCN(C)CC2)no1. The van der Waals surface area contributed by atoms with Gasteiger partial charge < -0.3 is 14.7 Å². The summed E-state index contributed by atoms with van der Waals surface area (Å²) in [5.74, 6) is 2.13. The summed E-state index contributed by atoms with van der Waals surface area (Å²) in [6.07, 6.45) is 3.07. The molecule has 0 spiro atoms. The van der Waals surface area contributed by atoms with Crippen molar-refractivity contribution in [3.63, 3.8) is 0 Å². The van der Waals surface area contributed by atoms with Gasteiger partial charge in [-0.1, -0.05) is 5.16 Å². The smallest absolute Gasteiger partial charge is 0.228 e. The molecule has 0 saturated carbocycles. The van der Waals surface area contributed by atoms with Gasteiger partial charge in [0.1, 0.15) is 0 Å². The maximum atomic E-state index is 5.30. The minimum atomic E-state index is 0.376. The maximum Gasteiger partial charge on any atom is 0.228 e. The van der Waals surface area contributed by atoms with Crippen LogP contribution in [0.15, 0.2) is 4.52 Å². The molecule has 5 heteroatoms. The van der Waals surface area contributed by atoms with E-state index in [4.69, 9.17) is 4.52 Å². The molecule has 0 amide bonds. The Hall–Kier alpha value is -0.940. The van der Waals surface area contributed by atoms with Crippen LogP contribution in [0.4, 0.5) is 0 Å². The van der Waals surface area contributed by atoms with E-state index in [0.717, 1.165) is 44.1 Å². The van der Waals surface area contributed by atoms with Gasteiger partial charge in [0.15, 0.2) is 5.82 Å². The molecule has 1 unspecified atom stereocenters. The van der Waals surface area contributed by atoms with Crippen LogP contribution in [0.3, 0.4) is 0 Å². The second-order valence-electron chi connectivity index (χ2n) is 5.02. The molecule has 1 fully saturated rings. The molecule has 1 N–H and O–H groups in total. The fourth-order valence-corrected chi connectivity index (χ4v) is 2.15. The molecule has 1 aliphatic rings. The van der Waals surface area contributed by atoms with Crippen LogP contribution < -0.4 is 5.32 Å². The van der Waals surface area contributed by atoms with E-state index >= 15 is 0 Å². The van der Waals surface area contributed by atoms with Crippen molar-refractivity contribution in [2.45, 2.75) is 38.1 Å². The highest BCUT2D eigenvalue weighted by Gasteiger charge is 2.23. The fourth-order valence-electron chi connectivity index (χ4n) is 2.15. The van der Waals surface area contributed by atoms with Crippen LogP contribution in [-0.2, 0) is 6.42 Å². The molecule has 96 valence electrons. The minimum Gasteiger partial charge on any atom is -0.339 e. The summed E-state index contributed by atoms with van der Waals surface area (Å²) in [7, 11) is 4.10. The van der Waals surface area contributed by atoms with E-state index in [2.05, 4.69) is 34.3 Å². The predicted octanol–water partition coefficient (Wildman–Crippen LogP) is 1.03. The largest absolute Gasteiger partial charge is 0.339 e. The first kappa shape index (κ1) is 12.5. The Morgan fingerprint density at radius 1 is 1.47 bits per heavy atom. The van der Waals surface area contributed by atoms with Gasteiger partial charge in [0.25, 0.3) is 0 Å². The lowest BCUT2D eigenvalue weighted by Gasteiger charge is -2.26. The Labute approximate surface area is 103 Å². The Balaban J connectivity index is 1.93. The monoisotopic (exact) mass is 238 g/mol. The van der Waals surface area contributed by atoms with Crippen LogP contribution >= 0.6 is 0 Å². The van der Waals surface area contributed by atoms with Crippen LogP contribution in [0.25, 0.3) is 0 Å². The number of hydrogen-bond donors (Lipinski definition) is 1. The Morgan fingerprint density at radius 2 is 2.18 bits per heavy atom. The van der Waals surface area contributed by atoms with Crippen molar-refractivity contribution < 1.29 is 4.52 Å². The Kier molecular flexibility index (Phi) is 4.12. The van der Waals surface area contributed by atoms with Crippen LogP contribution in [-0.4, -0.2) is 48.3 Å². The highest BCUT2D eigenvalue weighted by atomic mass is 16.5. The molecule has 2 rings (SSSR count). The first-order valence-corrected chi connectivity index (χ1v) is 6.37. The van der Waals surface area contributed by atoms with Crippen molar-refractivity contribution in [3.05, 3.63) is 11.7 Å². The Bertz CT molecular complexity index is 344. The van der Waals surface area contributed by atoms with Gasteiger partial charge in [-0.25, -0.2) is 0 Å². The van der Waals surface area contributed by atoms with E-state index in [1.54, 1.807) is 0 Å². The molecule has 0 aliphatic carbocycles. The first-order chi connectivity index (χ1) is 8.19. The number of likely N-dealkylation sites (tertiary alicyclic amines) is 1. The number of nitrogens with zero attached hydrogens (tertiary/aromatic N) is 3. The summed E-state index contributed by atoms with van der Waals surface area (Å²) in [5.41, 5.74) is 0. The van der Waals surface area contributed by atoms with E-state index in [1.165, 1.54) is 0 Å². The molecule has 0 bridgehead atoms. The Morgan fingerprint density at radius 3 is 2.82 bits per heavy atom. The molecule has 17 heavy (non-hydrogen) atoms. The zero-order valence-corrected chi connectivity index (χ0v) is 10.9. The van der Waals surface area contributed by atoms with Crippen molar-refractivity contribution in [1.29, 1.82) is 0 Å². The fraction of sp³-hybridized carbons (Fsp3) is 0.833. The zero-order chi connectivity index (χ0) is 12.3. The van der Waals surface area contributed by atoms with Crippen molar-refractivity contribution in [2.24, 2.45) is 0 Å².